The first-order valence-corrected chi connectivity index (χ1v) is 12.4. The summed E-state index contributed by atoms with van der Waals surface area (Å²) in [7, 11) is 0. The van der Waals surface area contributed by atoms with Gasteiger partial charge in [-0.15, -0.1) is 0 Å². The normalized spacial score (nSPS) is 11.9. The molecule has 0 aliphatic heterocycles. The van der Waals surface area contributed by atoms with Gasteiger partial charge in [0.1, 0.15) is 11.2 Å². The Bertz CT molecular complexity index is 1720. The molecule has 0 saturated heterocycles. The zero-order valence-corrected chi connectivity index (χ0v) is 20.8. The summed E-state index contributed by atoms with van der Waals surface area (Å²) < 4.78 is 0. The highest BCUT2D eigenvalue weighted by molar-refractivity contribution is 7.08. The van der Waals surface area contributed by atoms with Crippen molar-refractivity contribution in [3.05, 3.63) is 65.7 Å². The van der Waals surface area contributed by atoms with Crippen molar-refractivity contribution in [1.29, 1.82) is 0 Å². The van der Waals surface area contributed by atoms with Gasteiger partial charge in [-0.25, -0.2) is 4.98 Å². The van der Waals surface area contributed by atoms with Gasteiger partial charge in [-0.1, -0.05) is 20.8 Å². The summed E-state index contributed by atoms with van der Waals surface area (Å²) in [4.78, 5) is 29.7. The van der Waals surface area contributed by atoms with Gasteiger partial charge in [-0.05, 0) is 41.8 Å². The number of fused-ring (bicyclic) bond motifs is 2. The molecule has 0 aliphatic rings. The molecule has 0 spiro atoms. The summed E-state index contributed by atoms with van der Waals surface area (Å²) in [6, 6.07) is 11.9. The molecule has 0 aromatic carbocycles. The number of H-pyrrole nitrogens is 2. The first-order valence-electron chi connectivity index (χ1n) is 11.5. The lowest BCUT2D eigenvalue weighted by molar-refractivity contribution is -0.123. The number of hydrogen-bond acceptors (Lipinski definition) is 6. The molecule has 0 fully saturated rings. The quantitative estimate of drug-likeness (QED) is 0.268. The monoisotopic (exact) mass is 493 g/mol. The number of pyridine rings is 3. The molecule has 0 bridgehead atoms. The van der Waals surface area contributed by atoms with Gasteiger partial charge in [0.25, 0.3) is 0 Å². The smallest absolute Gasteiger partial charge is 0.229 e. The molecule has 8 nitrogen and oxygen atoms in total. The zero-order valence-electron chi connectivity index (χ0n) is 20.0. The van der Waals surface area contributed by atoms with Gasteiger partial charge in [0.2, 0.25) is 5.91 Å². The van der Waals surface area contributed by atoms with E-state index in [4.69, 9.17) is 4.98 Å². The van der Waals surface area contributed by atoms with Crippen LogP contribution in [0.4, 0.5) is 5.69 Å². The van der Waals surface area contributed by atoms with Crippen LogP contribution < -0.4 is 5.32 Å². The number of aromatic nitrogens is 6. The Morgan fingerprint density at radius 3 is 2.69 bits per heavy atom. The predicted molar refractivity (Wildman–Crippen MR) is 144 cm³/mol. The summed E-state index contributed by atoms with van der Waals surface area (Å²) in [6.07, 6.45) is 5.19. The third kappa shape index (κ3) is 3.93. The molecule has 0 saturated carbocycles. The van der Waals surface area contributed by atoms with Crippen molar-refractivity contribution in [3.8, 4) is 33.9 Å². The van der Waals surface area contributed by atoms with E-state index in [1.54, 1.807) is 23.7 Å². The Kier molecular flexibility index (Phi) is 5.15. The van der Waals surface area contributed by atoms with Crippen LogP contribution in [0.3, 0.4) is 0 Å². The van der Waals surface area contributed by atoms with E-state index in [2.05, 4.69) is 53.4 Å². The van der Waals surface area contributed by atoms with Crippen LogP contribution in [0.1, 0.15) is 20.8 Å². The molecule has 0 aliphatic carbocycles. The van der Waals surface area contributed by atoms with E-state index in [9.17, 15) is 4.79 Å². The molecule has 3 N–H and O–H groups in total. The molecule has 6 heterocycles. The molecule has 0 atom stereocenters. The van der Waals surface area contributed by atoms with Crippen LogP contribution in [-0.4, -0.2) is 36.0 Å². The second kappa shape index (κ2) is 8.39. The lowest BCUT2D eigenvalue weighted by atomic mass is 9.95. The fraction of sp³-hybridized carbons (Fsp3) is 0.148. The third-order valence-electron chi connectivity index (χ3n) is 5.98. The summed E-state index contributed by atoms with van der Waals surface area (Å²) in [5, 5.41) is 15.8. The average molecular weight is 494 g/mol. The Morgan fingerprint density at radius 1 is 1.00 bits per heavy atom. The second-order valence-electron chi connectivity index (χ2n) is 9.65. The van der Waals surface area contributed by atoms with Crippen molar-refractivity contribution in [1.82, 2.24) is 30.1 Å². The van der Waals surface area contributed by atoms with Crippen LogP contribution in [-0.2, 0) is 4.79 Å². The SMILES string of the molecule is CC(C)(C)C(=O)Nc1cncc(-c2ccc3[nH]nc(-c4cc5c(-c6ccsc6)nccc5[nH]4)c3n2)c1. The van der Waals surface area contributed by atoms with Crippen LogP contribution in [0.2, 0.25) is 0 Å². The molecule has 1 amide bonds. The van der Waals surface area contributed by atoms with E-state index < -0.39 is 5.41 Å². The van der Waals surface area contributed by atoms with Crippen molar-refractivity contribution in [3.63, 3.8) is 0 Å². The van der Waals surface area contributed by atoms with E-state index in [0.29, 0.717) is 5.69 Å². The lowest BCUT2D eigenvalue weighted by Gasteiger charge is -2.17. The molecule has 178 valence electrons. The first-order chi connectivity index (χ1) is 17.4. The lowest BCUT2D eigenvalue weighted by Crippen LogP contribution is -2.27. The summed E-state index contributed by atoms with van der Waals surface area (Å²) >= 11 is 1.65. The number of thiophene rings is 1. The number of carbonyl (C=O) groups is 1. The molecule has 0 radical (unpaired) electrons. The fourth-order valence-electron chi connectivity index (χ4n) is 4.03. The number of rotatable bonds is 4. The second-order valence-corrected chi connectivity index (χ2v) is 10.4. The number of amides is 1. The molecule has 0 unspecified atom stereocenters. The highest BCUT2D eigenvalue weighted by Gasteiger charge is 2.21. The summed E-state index contributed by atoms with van der Waals surface area (Å²) in [5.41, 5.74) is 7.83. The minimum absolute atomic E-state index is 0.0721. The highest BCUT2D eigenvalue weighted by atomic mass is 32.1. The predicted octanol–water partition coefficient (Wildman–Crippen LogP) is 6.28. The number of hydrogen-bond donors (Lipinski definition) is 3. The Hall–Kier alpha value is -4.37. The van der Waals surface area contributed by atoms with Gasteiger partial charge in [0, 0.05) is 45.2 Å². The average Bonchev–Trinajstić information content (AvgIpc) is 3.62. The van der Waals surface area contributed by atoms with Crippen LogP contribution in [0, 0.1) is 5.41 Å². The maximum Gasteiger partial charge on any atom is 0.229 e. The molecule has 6 aromatic heterocycles. The molecular weight excluding hydrogens is 470 g/mol. The summed E-state index contributed by atoms with van der Waals surface area (Å²) in [5.74, 6) is -0.0721. The standard InChI is InChI=1S/C27H23N7OS/c1-27(2,3)26(35)30-17-10-16(12-28-13-17)19-4-5-21-24(32-19)25(34-33-21)22-11-18-20(31-22)6-8-29-23(18)15-7-9-36-14-15/h4-14,31H,1-3H3,(H,30,35)(H,33,34). The van der Waals surface area contributed by atoms with Gasteiger partial charge in [0.05, 0.1) is 34.5 Å². The molecule has 9 heteroatoms. The highest BCUT2D eigenvalue weighted by Crippen LogP contribution is 2.34. The molecule has 36 heavy (non-hydrogen) atoms. The van der Waals surface area contributed by atoms with Crippen molar-refractivity contribution in [2.45, 2.75) is 20.8 Å². The van der Waals surface area contributed by atoms with Gasteiger partial charge in [0.15, 0.2) is 0 Å². The fourth-order valence-corrected chi connectivity index (χ4v) is 4.67. The topological polar surface area (TPSA) is 112 Å². The van der Waals surface area contributed by atoms with Gasteiger partial charge < -0.3 is 10.3 Å². The van der Waals surface area contributed by atoms with E-state index >= 15 is 0 Å². The van der Waals surface area contributed by atoms with E-state index in [1.165, 1.54) is 0 Å². The van der Waals surface area contributed by atoms with E-state index in [0.717, 1.165) is 55.8 Å². The van der Waals surface area contributed by atoms with E-state index in [-0.39, 0.29) is 5.91 Å². The van der Waals surface area contributed by atoms with Crippen LogP contribution in [0.25, 0.3) is 55.8 Å². The molecule has 6 aromatic rings. The van der Waals surface area contributed by atoms with Gasteiger partial charge >= 0.3 is 0 Å². The molecular formula is C27H23N7OS. The van der Waals surface area contributed by atoms with Gasteiger partial charge in [-0.2, -0.15) is 16.4 Å². The van der Waals surface area contributed by atoms with Crippen molar-refractivity contribution in [2.75, 3.05) is 5.32 Å². The number of anilines is 1. The minimum atomic E-state index is -0.503. The van der Waals surface area contributed by atoms with Crippen LogP contribution in [0.15, 0.2) is 65.7 Å². The third-order valence-corrected chi connectivity index (χ3v) is 6.66. The maximum absolute atomic E-state index is 12.4. The Balaban J connectivity index is 1.40. The zero-order chi connectivity index (χ0) is 24.9. The largest absolute Gasteiger partial charge is 0.353 e. The van der Waals surface area contributed by atoms with E-state index in [1.807, 2.05) is 51.2 Å². The number of aromatic amines is 2. The Morgan fingerprint density at radius 2 is 1.89 bits per heavy atom. The van der Waals surface area contributed by atoms with Crippen molar-refractivity contribution < 1.29 is 4.79 Å². The number of nitrogens with zero attached hydrogens (tertiary/aromatic N) is 4. The maximum atomic E-state index is 12.4. The Labute approximate surface area is 210 Å². The van der Waals surface area contributed by atoms with Crippen LogP contribution >= 0.6 is 11.3 Å². The number of nitrogens with one attached hydrogen (secondary N) is 3. The van der Waals surface area contributed by atoms with Crippen molar-refractivity contribution in [2.24, 2.45) is 5.41 Å². The minimum Gasteiger partial charge on any atom is -0.353 e. The van der Waals surface area contributed by atoms with Gasteiger partial charge in [-0.3, -0.25) is 19.9 Å². The molecule has 6 rings (SSSR count). The van der Waals surface area contributed by atoms with Crippen LogP contribution in [0.5, 0.6) is 0 Å². The summed E-state index contributed by atoms with van der Waals surface area (Å²) in [6.45, 7) is 5.62. The number of carbonyl (C=O) groups excluding carboxylic acids is 1. The van der Waals surface area contributed by atoms with Crippen molar-refractivity contribution >= 4 is 44.9 Å². The first kappa shape index (κ1) is 22.1.